The second-order valence-electron chi connectivity index (χ2n) is 16.1. The molecule has 9 heteroatoms. The molecule has 2 spiro atoms. The van der Waals surface area contributed by atoms with E-state index in [2.05, 4.69) is 33.8 Å². The van der Waals surface area contributed by atoms with Gasteiger partial charge in [0.15, 0.2) is 12.1 Å². The summed E-state index contributed by atoms with van der Waals surface area (Å²) in [6, 6.07) is 0. The first-order valence-corrected chi connectivity index (χ1v) is 15.6. The molecule has 6 N–H and O–H groups in total. The maximum absolute atomic E-state index is 12.7. The molecule has 0 aromatic heterocycles. The van der Waals surface area contributed by atoms with Crippen LogP contribution in [0.3, 0.4) is 0 Å². The third kappa shape index (κ3) is 3.18. The predicted molar refractivity (Wildman–Crippen MR) is 146 cm³/mol. The van der Waals surface area contributed by atoms with Crippen molar-refractivity contribution in [1.29, 1.82) is 0 Å². The minimum atomic E-state index is -1.51. The van der Waals surface area contributed by atoms with Gasteiger partial charge in [-0.3, -0.25) is 4.79 Å². The minimum Gasteiger partial charge on any atom is -0.392 e. The molecule has 15 atom stereocenters. The summed E-state index contributed by atoms with van der Waals surface area (Å²) in [7, 11) is 0. The van der Waals surface area contributed by atoms with E-state index in [0.29, 0.717) is 19.3 Å². The van der Waals surface area contributed by atoms with Crippen LogP contribution in [0.25, 0.3) is 0 Å². The fourth-order valence-corrected chi connectivity index (χ4v) is 12.3. The molecular weight excluding hydrogens is 528 g/mol. The lowest BCUT2D eigenvalue weighted by Crippen LogP contribution is -2.61. The largest absolute Gasteiger partial charge is 0.392 e. The molecule has 0 bridgehead atoms. The van der Waals surface area contributed by atoms with Gasteiger partial charge in [0, 0.05) is 11.8 Å². The van der Waals surface area contributed by atoms with E-state index >= 15 is 0 Å². The number of carbonyl (C=O) groups is 1. The van der Waals surface area contributed by atoms with Crippen molar-refractivity contribution >= 4 is 5.78 Å². The highest BCUT2D eigenvalue weighted by molar-refractivity contribution is 5.86. The zero-order chi connectivity index (χ0) is 29.7. The highest BCUT2D eigenvalue weighted by atomic mass is 16.7. The van der Waals surface area contributed by atoms with E-state index in [1.165, 1.54) is 5.57 Å². The Morgan fingerprint density at radius 1 is 1.02 bits per heavy atom. The summed E-state index contributed by atoms with van der Waals surface area (Å²) in [5.74, 6) is -0.455. The average molecular weight is 577 g/mol. The summed E-state index contributed by atoms with van der Waals surface area (Å²) >= 11 is 0. The van der Waals surface area contributed by atoms with Crippen molar-refractivity contribution in [2.75, 3.05) is 6.61 Å². The van der Waals surface area contributed by atoms with Gasteiger partial charge in [-0.25, -0.2) is 0 Å². The van der Waals surface area contributed by atoms with Crippen LogP contribution in [-0.2, 0) is 14.3 Å². The summed E-state index contributed by atoms with van der Waals surface area (Å²) in [4.78, 5) is 12.7. The number of rotatable bonds is 2. The molecule has 230 valence electrons. The first-order chi connectivity index (χ1) is 19.0. The normalized spacial score (nSPS) is 60.7. The van der Waals surface area contributed by atoms with Crippen molar-refractivity contribution in [3.63, 3.8) is 0 Å². The zero-order valence-corrected chi connectivity index (χ0v) is 24.9. The number of Topliss-reactive ketones (excluding diaryl/α,β-unsaturated/α-hetero) is 1. The van der Waals surface area contributed by atoms with E-state index in [1.54, 1.807) is 0 Å². The molecule has 7 rings (SSSR count). The smallest absolute Gasteiger partial charge is 0.186 e. The standard InChI is InChI=1S/C32H48O9/c1-15-10-16(33)25(38)32(39)13-29(5)19-7-6-18-27(2,3)21(41-26-23(37)22(36)17(34)12-40-26)8-9-30(18)14-31(19,30)20(35)11-28(29,4)24(15)32/h7,15,17-18,20-26,34-39H,6,8-14H2,1-5H3/t15-,17-,18-,20+,21+,22-,23-,24-,25+,26+,28-,29+,30-,31+,32-/m1/s1. The predicted octanol–water partition coefficient (Wildman–Crippen LogP) is 1.45. The number of fused-ring (bicyclic) bond motifs is 4. The van der Waals surface area contributed by atoms with Gasteiger partial charge in [0.25, 0.3) is 0 Å². The second-order valence-corrected chi connectivity index (χ2v) is 16.1. The van der Waals surface area contributed by atoms with Gasteiger partial charge in [0.1, 0.15) is 30.0 Å². The molecule has 7 aliphatic rings. The molecule has 41 heavy (non-hydrogen) atoms. The maximum Gasteiger partial charge on any atom is 0.186 e. The van der Waals surface area contributed by atoms with Crippen molar-refractivity contribution < 1.29 is 44.9 Å². The first kappa shape index (κ1) is 28.8. The molecule has 1 heterocycles. The van der Waals surface area contributed by atoms with Gasteiger partial charge in [-0.05, 0) is 77.9 Å². The third-order valence-corrected chi connectivity index (χ3v) is 14.2. The Hall–Kier alpha value is -0.910. The molecule has 1 saturated heterocycles. The Labute approximate surface area is 241 Å². The number of hydrogen-bond acceptors (Lipinski definition) is 9. The van der Waals surface area contributed by atoms with Crippen LogP contribution in [0, 0.1) is 44.8 Å². The summed E-state index contributed by atoms with van der Waals surface area (Å²) in [6.45, 7) is 10.7. The number of allylic oxidation sites excluding steroid dienone is 1. The molecule has 0 aromatic carbocycles. The monoisotopic (exact) mass is 576 g/mol. The van der Waals surface area contributed by atoms with Crippen LogP contribution in [0.15, 0.2) is 11.6 Å². The first-order valence-electron chi connectivity index (χ1n) is 15.6. The molecule has 1 aliphatic heterocycles. The number of ketones is 1. The van der Waals surface area contributed by atoms with Crippen LogP contribution in [0.5, 0.6) is 0 Å². The highest BCUT2D eigenvalue weighted by Gasteiger charge is 2.85. The molecule has 0 radical (unpaired) electrons. The van der Waals surface area contributed by atoms with E-state index < -0.39 is 58.7 Å². The van der Waals surface area contributed by atoms with E-state index in [-0.39, 0.29) is 53.5 Å². The van der Waals surface area contributed by atoms with Gasteiger partial charge < -0.3 is 40.1 Å². The quantitative estimate of drug-likeness (QED) is 0.268. The fraction of sp³-hybridized carbons (Fsp3) is 0.906. The van der Waals surface area contributed by atoms with Gasteiger partial charge in [-0.15, -0.1) is 0 Å². The molecule has 0 amide bonds. The van der Waals surface area contributed by atoms with Crippen LogP contribution < -0.4 is 0 Å². The molecule has 6 aliphatic carbocycles. The number of aliphatic hydroxyl groups excluding tert-OH is 5. The fourth-order valence-electron chi connectivity index (χ4n) is 12.3. The highest BCUT2D eigenvalue weighted by Crippen LogP contribution is 2.88. The second kappa shape index (κ2) is 8.42. The third-order valence-electron chi connectivity index (χ3n) is 14.2. The van der Waals surface area contributed by atoms with Crippen LogP contribution in [0.2, 0.25) is 0 Å². The van der Waals surface area contributed by atoms with Crippen LogP contribution in [-0.4, -0.2) is 91.5 Å². The van der Waals surface area contributed by atoms with E-state index in [0.717, 1.165) is 19.3 Å². The van der Waals surface area contributed by atoms with Crippen molar-refractivity contribution in [3.05, 3.63) is 11.6 Å². The van der Waals surface area contributed by atoms with Crippen molar-refractivity contribution in [1.82, 2.24) is 0 Å². The SMILES string of the molecule is C[C@@H]1CC(=O)[C@H](O)[C@@]2(O)C[C@@]3(C)C4=CC[C@@H]5C(C)(C)[C@@H](O[C@@H]6OC[C@@H](O)[C@@H](O)[C@H]6O)CC[C@@]56C[C@@]46[C@@H](O)C[C@]3(C)[C@@H]12. The number of carbonyl (C=O) groups excluding carboxylic acids is 1. The van der Waals surface area contributed by atoms with Gasteiger partial charge in [-0.2, -0.15) is 0 Å². The number of aliphatic hydroxyl groups is 6. The lowest BCUT2D eigenvalue weighted by atomic mass is 9.44. The molecule has 9 nitrogen and oxygen atoms in total. The maximum atomic E-state index is 12.7. The van der Waals surface area contributed by atoms with E-state index in [4.69, 9.17) is 9.47 Å². The lowest BCUT2D eigenvalue weighted by Gasteiger charge is -2.61. The van der Waals surface area contributed by atoms with Gasteiger partial charge in [0.2, 0.25) is 0 Å². The van der Waals surface area contributed by atoms with Gasteiger partial charge in [-0.1, -0.05) is 46.3 Å². The van der Waals surface area contributed by atoms with Gasteiger partial charge in [0.05, 0.1) is 18.8 Å². The Morgan fingerprint density at radius 3 is 2.44 bits per heavy atom. The summed E-state index contributed by atoms with van der Waals surface area (Å²) in [5.41, 5.74) is -2.07. The van der Waals surface area contributed by atoms with Crippen LogP contribution in [0.4, 0.5) is 0 Å². The van der Waals surface area contributed by atoms with Gasteiger partial charge >= 0.3 is 0 Å². The Balaban J connectivity index is 1.23. The Bertz CT molecular complexity index is 1190. The summed E-state index contributed by atoms with van der Waals surface area (Å²) < 4.78 is 11.9. The molecule has 5 saturated carbocycles. The zero-order valence-electron chi connectivity index (χ0n) is 24.9. The lowest BCUT2D eigenvalue weighted by molar-refractivity contribution is -0.301. The summed E-state index contributed by atoms with van der Waals surface area (Å²) in [5, 5.41) is 65.8. The van der Waals surface area contributed by atoms with Crippen LogP contribution >= 0.6 is 0 Å². The van der Waals surface area contributed by atoms with E-state index in [9.17, 15) is 35.4 Å². The van der Waals surface area contributed by atoms with Crippen molar-refractivity contribution in [2.45, 2.75) is 128 Å². The van der Waals surface area contributed by atoms with E-state index in [1.807, 2.05) is 6.92 Å². The summed E-state index contributed by atoms with van der Waals surface area (Å²) in [6.07, 6.45) is -0.461. The van der Waals surface area contributed by atoms with Crippen molar-refractivity contribution in [2.24, 2.45) is 44.8 Å². The average Bonchev–Trinajstić information content (AvgIpc) is 3.53. The minimum absolute atomic E-state index is 0.0856. The molecule has 6 fully saturated rings. The topological polar surface area (TPSA) is 157 Å². The molecular formula is C32H48O9. The van der Waals surface area contributed by atoms with Crippen molar-refractivity contribution in [3.8, 4) is 0 Å². The molecule has 0 aromatic rings. The molecule has 0 unspecified atom stereocenters. The number of ether oxygens (including phenoxy) is 2. The number of hydrogen-bond donors (Lipinski definition) is 6. The Kier molecular flexibility index (Phi) is 5.92. The van der Waals surface area contributed by atoms with Crippen LogP contribution in [0.1, 0.15) is 79.6 Å². The Morgan fingerprint density at radius 2 is 1.73 bits per heavy atom.